The standard InChI is InChI=1S/C18H18ClN3O4S/c1-12-14(19)4-2-6-16(12)27(23,24)22-9-7-13(8-10-22)17-20-21-18(26-17)15-5-3-11-25-15/h2-6,11,13H,7-10H2,1H3. The first-order valence-corrected chi connectivity index (χ1v) is 10.4. The fourth-order valence-corrected chi connectivity index (χ4v) is 5.20. The van der Waals surface area contributed by atoms with Crippen LogP contribution in [0.15, 0.2) is 50.3 Å². The summed E-state index contributed by atoms with van der Waals surface area (Å²) in [4.78, 5) is 0.256. The predicted octanol–water partition coefficient (Wildman–Crippen LogP) is 3.86. The first-order chi connectivity index (χ1) is 13.0. The van der Waals surface area contributed by atoms with Crippen molar-refractivity contribution in [3.8, 4) is 11.7 Å². The Morgan fingerprint density at radius 2 is 1.93 bits per heavy atom. The van der Waals surface area contributed by atoms with Gasteiger partial charge in [-0.15, -0.1) is 10.2 Å². The number of piperidine rings is 1. The molecule has 3 heterocycles. The molecule has 0 amide bonds. The third-order valence-corrected chi connectivity index (χ3v) is 7.26. The molecule has 27 heavy (non-hydrogen) atoms. The van der Waals surface area contributed by atoms with E-state index in [0.29, 0.717) is 54.1 Å². The Kier molecular flexibility index (Phi) is 4.79. The van der Waals surface area contributed by atoms with Gasteiger partial charge in [-0.1, -0.05) is 17.7 Å². The Morgan fingerprint density at radius 3 is 2.63 bits per heavy atom. The lowest BCUT2D eigenvalue weighted by molar-refractivity contribution is 0.290. The fourth-order valence-electron chi connectivity index (χ4n) is 3.25. The number of halogens is 1. The van der Waals surface area contributed by atoms with Crippen molar-refractivity contribution in [3.05, 3.63) is 53.1 Å². The van der Waals surface area contributed by atoms with Gasteiger partial charge in [0.1, 0.15) is 0 Å². The van der Waals surface area contributed by atoms with Gasteiger partial charge in [0.2, 0.25) is 15.9 Å². The molecular weight excluding hydrogens is 390 g/mol. The summed E-state index contributed by atoms with van der Waals surface area (Å²) in [6, 6.07) is 8.44. The highest BCUT2D eigenvalue weighted by molar-refractivity contribution is 7.89. The predicted molar refractivity (Wildman–Crippen MR) is 98.9 cm³/mol. The van der Waals surface area contributed by atoms with E-state index in [4.69, 9.17) is 20.4 Å². The molecule has 142 valence electrons. The van der Waals surface area contributed by atoms with Crippen LogP contribution in [0.25, 0.3) is 11.7 Å². The maximum Gasteiger partial charge on any atom is 0.283 e. The van der Waals surface area contributed by atoms with Gasteiger partial charge in [-0.2, -0.15) is 4.31 Å². The number of benzene rings is 1. The molecule has 0 unspecified atom stereocenters. The molecule has 0 spiro atoms. The number of nitrogens with zero attached hydrogens (tertiary/aromatic N) is 3. The van der Waals surface area contributed by atoms with Gasteiger partial charge < -0.3 is 8.83 Å². The third-order valence-electron chi connectivity index (χ3n) is 4.81. The highest BCUT2D eigenvalue weighted by Crippen LogP contribution is 2.33. The van der Waals surface area contributed by atoms with E-state index in [1.165, 1.54) is 4.31 Å². The van der Waals surface area contributed by atoms with Crippen LogP contribution in [0.3, 0.4) is 0 Å². The van der Waals surface area contributed by atoms with Gasteiger partial charge in [-0.3, -0.25) is 0 Å². The Labute approximate surface area is 162 Å². The second kappa shape index (κ2) is 7.10. The fraction of sp³-hybridized carbons (Fsp3) is 0.333. The molecule has 1 saturated heterocycles. The van der Waals surface area contributed by atoms with Crippen LogP contribution in [0.5, 0.6) is 0 Å². The minimum Gasteiger partial charge on any atom is -0.459 e. The molecule has 0 aliphatic carbocycles. The molecule has 3 aromatic rings. The average molecular weight is 408 g/mol. The summed E-state index contributed by atoms with van der Waals surface area (Å²) in [6.45, 7) is 2.49. The maximum absolute atomic E-state index is 13.0. The molecule has 4 rings (SSSR count). The van der Waals surface area contributed by atoms with Crippen molar-refractivity contribution in [1.29, 1.82) is 0 Å². The highest BCUT2D eigenvalue weighted by Gasteiger charge is 2.33. The zero-order valence-electron chi connectivity index (χ0n) is 14.6. The van der Waals surface area contributed by atoms with Crippen LogP contribution < -0.4 is 0 Å². The number of hydrogen-bond donors (Lipinski definition) is 0. The lowest BCUT2D eigenvalue weighted by Crippen LogP contribution is -2.38. The zero-order chi connectivity index (χ0) is 19.0. The molecule has 1 fully saturated rings. The van der Waals surface area contributed by atoms with E-state index >= 15 is 0 Å². The summed E-state index contributed by atoms with van der Waals surface area (Å²) in [6.07, 6.45) is 2.76. The van der Waals surface area contributed by atoms with Crippen LogP contribution >= 0.6 is 11.6 Å². The summed E-state index contributed by atoms with van der Waals surface area (Å²) in [7, 11) is -3.58. The average Bonchev–Trinajstić information content (AvgIpc) is 3.35. The molecule has 9 heteroatoms. The van der Waals surface area contributed by atoms with Gasteiger partial charge in [0.15, 0.2) is 5.76 Å². The van der Waals surface area contributed by atoms with Crippen LogP contribution in [0.1, 0.15) is 30.2 Å². The largest absolute Gasteiger partial charge is 0.459 e. The first kappa shape index (κ1) is 18.2. The lowest BCUT2D eigenvalue weighted by Gasteiger charge is -2.30. The van der Waals surface area contributed by atoms with Gasteiger partial charge >= 0.3 is 0 Å². The van der Waals surface area contributed by atoms with Crippen LogP contribution in [0.4, 0.5) is 0 Å². The molecule has 0 N–H and O–H groups in total. The smallest absolute Gasteiger partial charge is 0.283 e. The molecule has 1 aromatic carbocycles. The number of sulfonamides is 1. The normalized spacial score (nSPS) is 16.7. The minimum atomic E-state index is -3.58. The first-order valence-electron chi connectivity index (χ1n) is 8.59. The van der Waals surface area contributed by atoms with Gasteiger partial charge in [-0.05, 0) is 49.6 Å². The van der Waals surface area contributed by atoms with E-state index in [1.807, 2.05) is 0 Å². The molecule has 0 atom stereocenters. The molecule has 2 aromatic heterocycles. The van der Waals surface area contributed by atoms with Gasteiger partial charge in [0.25, 0.3) is 5.89 Å². The van der Waals surface area contributed by atoms with Crippen LogP contribution in [-0.2, 0) is 10.0 Å². The van der Waals surface area contributed by atoms with Crippen molar-refractivity contribution in [2.45, 2.75) is 30.6 Å². The Hall–Kier alpha value is -2.16. The number of furan rings is 1. The number of rotatable bonds is 4. The van der Waals surface area contributed by atoms with Crippen molar-refractivity contribution < 1.29 is 17.3 Å². The molecule has 0 bridgehead atoms. The van der Waals surface area contributed by atoms with Crippen molar-refractivity contribution in [2.24, 2.45) is 0 Å². The Balaban J connectivity index is 1.48. The lowest BCUT2D eigenvalue weighted by atomic mass is 9.98. The maximum atomic E-state index is 13.0. The molecule has 7 nitrogen and oxygen atoms in total. The van der Waals surface area contributed by atoms with Gasteiger partial charge in [0, 0.05) is 24.0 Å². The molecule has 1 aliphatic rings. The monoisotopic (exact) mass is 407 g/mol. The van der Waals surface area contributed by atoms with Crippen molar-refractivity contribution >= 4 is 21.6 Å². The van der Waals surface area contributed by atoms with Gasteiger partial charge in [0.05, 0.1) is 11.2 Å². The zero-order valence-corrected chi connectivity index (χ0v) is 16.2. The molecule has 1 aliphatic heterocycles. The topological polar surface area (TPSA) is 89.4 Å². The second-order valence-corrected chi connectivity index (χ2v) is 8.78. The van der Waals surface area contributed by atoms with Crippen LogP contribution in [0.2, 0.25) is 5.02 Å². The van der Waals surface area contributed by atoms with E-state index in [2.05, 4.69) is 10.2 Å². The van der Waals surface area contributed by atoms with Crippen molar-refractivity contribution in [3.63, 3.8) is 0 Å². The summed E-state index contributed by atoms with van der Waals surface area (Å²) in [5, 5.41) is 8.56. The van der Waals surface area contributed by atoms with E-state index in [1.54, 1.807) is 43.5 Å². The van der Waals surface area contributed by atoms with E-state index in [9.17, 15) is 8.42 Å². The van der Waals surface area contributed by atoms with Crippen molar-refractivity contribution in [2.75, 3.05) is 13.1 Å². The minimum absolute atomic E-state index is 0.0214. The highest BCUT2D eigenvalue weighted by atomic mass is 35.5. The molecule has 0 saturated carbocycles. The van der Waals surface area contributed by atoms with E-state index in [-0.39, 0.29) is 10.8 Å². The quantitative estimate of drug-likeness (QED) is 0.652. The van der Waals surface area contributed by atoms with E-state index < -0.39 is 10.0 Å². The Bertz CT molecular complexity index is 1040. The molecule has 0 radical (unpaired) electrons. The third kappa shape index (κ3) is 3.40. The number of hydrogen-bond acceptors (Lipinski definition) is 6. The van der Waals surface area contributed by atoms with Crippen molar-refractivity contribution in [1.82, 2.24) is 14.5 Å². The summed E-state index contributed by atoms with van der Waals surface area (Å²) >= 11 is 6.09. The Morgan fingerprint density at radius 1 is 1.15 bits per heavy atom. The van der Waals surface area contributed by atoms with Crippen LogP contribution in [-0.4, -0.2) is 36.0 Å². The SMILES string of the molecule is Cc1c(Cl)cccc1S(=O)(=O)N1CCC(c2nnc(-c3ccco3)o2)CC1. The molecular formula is C18H18ClN3O4S. The van der Waals surface area contributed by atoms with E-state index in [0.717, 1.165) is 0 Å². The summed E-state index contributed by atoms with van der Waals surface area (Å²) in [5.41, 5.74) is 0.571. The van der Waals surface area contributed by atoms with Crippen LogP contribution in [0, 0.1) is 6.92 Å². The summed E-state index contributed by atoms with van der Waals surface area (Å²) < 4.78 is 38.4. The number of aromatic nitrogens is 2. The summed E-state index contributed by atoms with van der Waals surface area (Å²) in [5.74, 6) is 1.38. The second-order valence-electron chi connectivity index (χ2n) is 6.46. The van der Waals surface area contributed by atoms with Gasteiger partial charge in [-0.25, -0.2) is 8.42 Å².